The van der Waals surface area contributed by atoms with Crippen LogP contribution in [0.5, 0.6) is 5.75 Å². The molecule has 0 spiro atoms. The van der Waals surface area contributed by atoms with E-state index in [0.717, 1.165) is 48.4 Å². The van der Waals surface area contributed by atoms with Gasteiger partial charge in [-0.05, 0) is 23.6 Å². The first-order chi connectivity index (χ1) is 18.5. The fourth-order valence-corrected chi connectivity index (χ4v) is 5.25. The summed E-state index contributed by atoms with van der Waals surface area (Å²) in [6, 6.07) is 20.6. The van der Waals surface area contributed by atoms with E-state index in [4.69, 9.17) is 4.74 Å². The van der Waals surface area contributed by atoms with Gasteiger partial charge in [0.2, 0.25) is 17.7 Å². The molecule has 2 aliphatic heterocycles. The molecule has 3 amide bonds. The van der Waals surface area contributed by atoms with Crippen LogP contribution in [0.3, 0.4) is 0 Å². The second-order valence-corrected chi connectivity index (χ2v) is 9.61. The van der Waals surface area contributed by atoms with E-state index in [9.17, 15) is 14.4 Å². The first-order valence-corrected chi connectivity index (χ1v) is 13.0. The molecule has 3 aromatic carbocycles. The van der Waals surface area contributed by atoms with Crippen molar-refractivity contribution in [2.24, 2.45) is 0 Å². The fourth-order valence-electron chi connectivity index (χ4n) is 5.25. The van der Waals surface area contributed by atoms with Crippen LogP contribution in [0.1, 0.15) is 6.42 Å². The Balaban J connectivity index is 1.20. The number of methoxy groups -OCH3 is 1. The maximum Gasteiger partial charge on any atom is 0.243 e. The molecule has 0 radical (unpaired) electrons. The number of carbonyl (C=O) groups excluding carboxylic acids is 3. The van der Waals surface area contributed by atoms with E-state index in [0.29, 0.717) is 18.8 Å². The number of fused-ring (bicyclic) bond motifs is 1. The van der Waals surface area contributed by atoms with Gasteiger partial charge in [0.05, 0.1) is 25.8 Å². The molecule has 0 unspecified atom stereocenters. The number of hydrogen-bond acceptors (Lipinski definition) is 6. The third-order valence-corrected chi connectivity index (χ3v) is 7.25. The highest BCUT2D eigenvalue weighted by atomic mass is 16.5. The van der Waals surface area contributed by atoms with Gasteiger partial charge >= 0.3 is 0 Å². The van der Waals surface area contributed by atoms with E-state index >= 15 is 0 Å². The molecular formula is C29H33N5O4. The highest BCUT2D eigenvalue weighted by Crippen LogP contribution is 2.28. The largest absolute Gasteiger partial charge is 0.495 e. The second kappa shape index (κ2) is 11.5. The summed E-state index contributed by atoms with van der Waals surface area (Å²) >= 11 is 0. The summed E-state index contributed by atoms with van der Waals surface area (Å²) in [6.45, 7) is 3.96. The molecule has 0 bridgehead atoms. The first-order valence-electron chi connectivity index (χ1n) is 13.0. The van der Waals surface area contributed by atoms with Gasteiger partial charge in [0.1, 0.15) is 11.8 Å². The summed E-state index contributed by atoms with van der Waals surface area (Å²) in [5.74, 6) is 0.111. The number of piperazine rings is 2. The molecular weight excluding hydrogens is 482 g/mol. The van der Waals surface area contributed by atoms with Gasteiger partial charge in [0.15, 0.2) is 0 Å². The van der Waals surface area contributed by atoms with E-state index in [1.54, 1.807) is 12.0 Å². The van der Waals surface area contributed by atoms with Crippen molar-refractivity contribution in [3.8, 4) is 5.75 Å². The average Bonchev–Trinajstić information content (AvgIpc) is 2.94. The molecule has 5 rings (SSSR count). The number of ether oxygens (including phenoxy) is 1. The number of anilines is 2. The number of benzene rings is 3. The van der Waals surface area contributed by atoms with Gasteiger partial charge in [-0.1, -0.05) is 48.5 Å². The van der Waals surface area contributed by atoms with Crippen molar-refractivity contribution in [1.29, 1.82) is 0 Å². The lowest BCUT2D eigenvalue weighted by Crippen LogP contribution is -2.60. The highest BCUT2D eigenvalue weighted by Gasteiger charge is 2.35. The molecule has 0 aliphatic carbocycles. The number of nitrogens with one attached hydrogen (secondary N) is 2. The van der Waals surface area contributed by atoms with Gasteiger partial charge < -0.3 is 25.2 Å². The van der Waals surface area contributed by atoms with Crippen LogP contribution in [0, 0.1) is 0 Å². The molecule has 2 saturated heterocycles. The molecule has 198 valence electrons. The predicted molar refractivity (Wildman–Crippen MR) is 147 cm³/mol. The van der Waals surface area contributed by atoms with Crippen LogP contribution < -0.4 is 20.3 Å². The Morgan fingerprint density at radius 1 is 0.947 bits per heavy atom. The fraction of sp³-hybridized carbons (Fsp3) is 0.345. The van der Waals surface area contributed by atoms with Crippen LogP contribution in [-0.4, -0.2) is 86.5 Å². The number of amides is 3. The highest BCUT2D eigenvalue weighted by molar-refractivity contribution is 6.04. The SMILES string of the molecule is COc1ccccc1N1CCN(CC(=O)N2CCNC(=O)[C@@H]2CC(=O)Nc2cccc3ccccc23)CC1. The first kappa shape index (κ1) is 25.5. The summed E-state index contributed by atoms with van der Waals surface area (Å²) in [5.41, 5.74) is 1.74. The molecule has 0 aromatic heterocycles. The van der Waals surface area contributed by atoms with Crippen molar-refractivity contribution in [1.82, 2.24) is 15.1 Å². The van der Waals surface area contributed by atoms with E-state index in [1.165, 1.54) is 0 Å². The van der Waals surface area contributed by atoms with Gasteiger partial charge in [0.25, 0.3) is 0 Å². The van der Waals surface area contributed by atoms with Crippen LogP contribution in [0.15, 0.2) is 66.7 Å². The number of rotatable bonds is 7. The molecule has 2 fully saturated rings. The molecule has 38 heavy (non-hydrogen) atoms. The van der Waals surface area contributed by atoms with Gasteiger partial charge in [0, 0.05) is 50.3 Å². The molecule has 1 atom stereocenters. The standard InChI is InChI=1S/C29H33N5O4/c1-38-26-12-5-4-11-24(26)33-17-15-32(16-18-33)20-28(36)34-14-13-30-29(37)25(34)19-27(35)31-23-10-6-8-21-7-2-3-9-22(21)23/h2-12,25H,13-20H2,1H3,(H,30,37)(H,31,35)/t25-/m0/s1. The molecule has 9 heteroatoms. The lowest BCUT2D eigenvalue weighted by Gasteiger charge is -2.39. The summed E-state index contributed by atoms with van der Waals surface area (Å²) < 4.78 is 5.49. The third-order valence-electron chi connectivity index (χ3n) is 7.25. The number of hydrogen-bond donors (Lipinski definition) is 2. The predicted octanol–water partition coefficient (Wildman–Crippen LogP) is 2.33. The zero-order valence-corrected chi connectivity index (χ0v) is 21.6. The summed E-state index contributed by atoms with van der Waals surface area (Å²) in [5, 5.41) is 7.69. The van der Waals surface area contributed by atoms with Crippen molar-refractivity contribution in [2.45, 2.75) is 12.5 Å². The van der Waals surface area contributed by atoms with Crippen molar-refractivity contribution in [3.05, 3.63) is 66.7 Å². The van der Waals surface area contributed by atoms with E-state index in [1.807, 2.05) is 66.7 Å². The Labute approximate surface area is 222 Å². The van der Waals surface area contributed by atoms with Crippen LogP contribution in [0.4, 0.5) is 11.4 Å². The second-order valence-electron chi connectivity index (χ2n) is 9.61. The topological polar surface area (TPSA) is 94.2 Å². The smallest absolute Gasteiger partial charge is 0.243 e. The Kier molecular flexibility index (Phi) is 7.74. The molecule has 3 aromatic rings. The monoisotopic (exact) mass is 515 g/mol. The minimum atomic E-state index is -0.832. The lowest BCUT2D eigenvalue weighted by atomic mass is 10.1. The molecule has 2 heterocycles. The minimum Gasteiger partial charge on any atom is -0.495 e. The van der Waals surface area contributed by atoms with E-state index in [2.05, 4.69) is 20.4 Å². The zero-order valence-electron chi connectivity index (χ0n) is 21.6. The van der Waals surface area contributed by atoms with Crippen LogP contribution in [0.25, 0.3) is 10.8 Å². The van der Waals surface area contributed by atoms with Crippen molar-refractivity contribution in [2.75, 3.05) is 63.1 Å². The Bertz CT molecular complexity index is 1320. The number of para-hydroxylation sites is 2. The maximum absolute atomic E-state index is 13.3. The summed E-state index contributed by atoms with van der Waals surface area (Å²) in [7, 11) is 1.67. The normalized spacial score (nSPS) is 18.2. The number of nitrogens with zero attached hydrogens (tertiary/aromatic N) is 3. The maximum atomic E-state index is 13.3. The molecule has 0 saturated carbocycles. The Morgan fingerprint density at radius 3 is 2.50 bits per heavy atom. The molecule has 9 nitrogen and oxygen atoms in total. The van der Waals surface area contributed by atoms with Crippen LogP contribution in [-0.2, 0) is 14.4 Å². The van der Waals surface area contributed by atoms with Crippen molar-refractivity contribution < 1.29 is 19.1 Å². The van der Waals surface area contributed by atoms with Gasteiger partial charge in [-0.15, -0.1) is 0 Å². The van der Waals surface area contributed by atoms with Crippen molar-refractivity contribution in [3.63, 3.8) is 0 Å². The Morgan fingerprint density at radius 2 is 1.68 bits per heavy atom. The van der Waals surface area contributed by atoms with Crippen LogP contribution >= 0.6 is 0 Å². The third kappa shape index (κ3) is 5.57. The number of carbonyl (C=O) groups is 3. The summed E-state index contributed by atoms with van der Waals surface area (Å²) in [6.07, 6.45) is -0.0949. The van der Waals surface area contributed by atoms with E-state index in [-0.39, 0.29) is 30.7 Å². The molecule has 2 N–H and O–H groups in total. The minimum absolute atomic E-state index is 0.0949. The van der Waals surface area contributed by atoms with Gasteiger partial charge in [-0.3, -0.25) is 19.3 Å². The average molecular weight is 516 g/mol. The van der Waals surface area contributed by atoms with Gasteiger partial charge in [-0.2, -0.15) is 0 Å². The lowest BCUT2D eigenvalue weighted by molar-refractivity contribution is -0.145. The zero-order chi connectivity index (χ0) is 26.5. The van der Waals surface area contributed by atoms with Crippen molar-refractivity contribution >= 4 is 39.9 Å². The molecule has 2 aliphatic rings. The van der Waals surface area contributed by atoms with E-state index < -0.39 is 6.04 Å². The van der Waals surface area contributed by atoms with Crippen LogP contribution in [0.2, 0.25) is 0 Å². The quantitative estimate of drug-likeness (QED) is 0.502. The summed E-state index contributed by atoms with van der Waals surface area (Å²) in [4.78, 5) is 45.0. The van der Waals surface area contributed by atoms with Gasteiger partial charge in [-0.25, -0.2) is 0 Å². The Hall–Kier alpha value is -4.11.